The summed E-state index contributed by atoms with van der Waals surface area (Å²) in [6.45, 7) is 0.306. The molecule has 0 bridgehead atoms. The number of hydrogen-bond acceptors (Lipinski definition) is 7. The fourth-order valence-electron chi connectivity index (χ4n) is 5.18. The first-order valence-corrected chi connectivity index (χ1v) is 15.1. The average molecular weight is 613 g/mol. The Morgan fingerprint density at radius 2 is 1.82 bits per heavy atom. The molecule has 1 atom stereocenters. The number of carbonyl (C=O) groups is 4. The van der Waals surface area contributed by atoms with E-state index in [4.69, 9.17) is 10.1 Å². The number of hydrogen-bond donors (Lipinski definition) is 3. The number of fused-ring (bicyclic) bond motifs is 2. The second kappa shape index (κ2) is 14.0. The van der Waals surface area contributed by atoms with E-state index in [1.807, 2.05) is 60.0 Å². The van der Waals surface area contributed by atoms with Gasteiger partial charge in [-0.05, 0) is 52.4 Å². The van der Waals surface area contributed by atoms with Gasteiger partial charge in [0.05, 0.1) is 30.6 Å². The summed E-state index contributed by atoms with van der Waals surface area (Å²) in [5.74, 6) is -1.85. The topological polar surface area (TPSA) is 140 Å². The van der Waals surface area contributed by atoms with Crippen molar-refractivity contribution in [1.29, 1.82) is 0 Å². The lowest BCUT2D eigenvalue weighted by Crippen LogP contribution is -2.32. The van der Waals surface area contributed by atoms with Crippen LogP contribution in [0.2, 0.25) is 0 Å². The summed E-state index contributed by atoms with van der Waals surface area (Å²) < 4.78 is 6.67. The number of benzene rings is 3. The van der Waals surface area contributed by atoms with Gasteiger partial charge in [-0.1, -0.05) is 48.5 Å². The van der Waals surface area contributed by atoms with E-state index < -0.39 is 29.8 Å². The van der Waals surface area contributed by atoms with E-state index in [1.165, 1.54) is 12.0 Å². The molecule has 226 valence electrons. The van der Waals surface area contributed by atoms with Crippen molar-refractivity contribution >= 4 is 56.9 Å². The second-order valence-corrected chi connectivity index (χ2v) is 11.3. The van der Waals surface area contributed by atoms with E-state index in [0.717, 1.165) is 28.3 Å². The lowest BCUT2D eigenvalue weighted by atomic mass is 9.98. The molecule has 0 spiro atoms. The third-order valence-corrected chi connectivity index (χ3v) is 8.28. The number of thiophene rings is 1. The average Bonchev–Trinajstić information content (AvgIpc) is 3.68. The zero-order valence-electron chi connectivity index (χ0n) is 24.1. The first-order valence-electron chi connectivity index (χ1n) is 14.2. The van der Waals surface area contributed by atoms with Crippen molar-refractivity contribution in [2.45, 2.75) is 38.3 Å². The third kappa shape index (κ3) is 7.30. The van der Waals surface area contributed by atoms with Crippen molar-refractivity contribution in [1.82, 2.24) is 20.2 Å². The maximum absolute atomic E-state index is 13.1. The number of imidazole rings is 1. The van der Waals surface area contributed by atoms with Crippen LogP contribution in [0.3, 0.4) is 0 Å². The van der Waals surface area contributed by atoms with Gasteiger partial charge in [0.15, 0.2) is 0 Å². The molecular formula is C33H32N4O6S. The van der Waals surface area contributed by atoms with E-state index in [-0.39, 0.29) is 19.4 Å². The van der Waals surface area contributed by atoms with Crippen molar-refractivity contribution in [3.05, 3.63) is 100 Å². The van der Waals surface area contributed by atoms with Crippen LogP contribution in [0, 0.1) is 0 Å². The lowest BCUT2D eigenvalue weighted by Gasteiger charge is -2.21. The van der Waals surface area contributed by atoms with Gasteiger partial charge in [0.2, 0.25) is 5.91 Å². The van der Waals surface area contributed by atoms with E-state index in [1.54, 1.807) is 23.5 Å². The Labute approximate surface area is 257 Å². The van der Waals surface area contributed by atoms with Gasteiger partial charge in [0.1, 0.15) is 12.4 Å². The minimum atomic E-state index is -1.05. The summed E-state index contributed by atoms with van der Waals surface area (Å²) in [4.78, 5) is 54.7. The Morgan fingerprint density at radius 3 is 2.59 bits per heavy atom. The molecule has 0 aliphatic heterocycles. The second-order valence-electron chi connectivity index (χ2n) is 10.3. The number of aromatic nitrogens is 2. The van der Waals surface area contributed by atoms with Gasteiger partial charge in [-0.3, -0.25) is 19.2 Å². The fraction of sp³-hybridized carbons (Fsp3) is 0.242. The van der Waals surface area contributed by atoms with Crippen LogP contribution in [0.5, 0.6) is 0 Å². The highest BCUT2D eigenvalue weighted by Gasteiger charge is 2.25. The van der Waals surface area contributed by atoms with Crippen LogP contribution >= 0.6 is 11.3 Å². The standard InChI is InChI=1S/C33H32N4O6S/c1-43-31(41)20-34-33(42)23-11-12-28-26(19-23)36-32(37(28)16-15-24-9-5-17-44-24)27(35-29(38)13-14-30(39)40)18-22-8-4-7-21-6-2-3-10-25(21)22/h2-12,17,19,27H,13-16,18,20H2,1H3,(H,34,42)(H,35,38)(H,39,40). The maximum Gasteiger partial charge on any atom is 0.325 e. The van der Waals surface area contributed by atoms with E-state index in [9.17, 15) is 19.2 Å². The Balaban J connectivity index is 1.56. The largest absolute Gasteiger partial charge is 0.481 e. The van der Waals surface area contributed by atoms with Crippen LogP contribution in [0.4, 0.5) is 0 Å². The fourth-order valence-corrected chi connectivity index (χ4v) is 5.88. The van der Waals surface area contributed by atoms with Gasteiger partial charge in [-0.2, -0.15) is 0 Å². The monoisotopic (exact) mass is 612 g/mol. The van der Waals surface area contributed by atoms with Crippen LogP contribution in [0.1, 0.15) is 45.5 Å². The quantitative estimate of drug-likeness (QED) is 0.164. The molecule has 0 fully saturated rings. The summed E-state index contributed by atoms with van der Waals surface area (Å²) in [6.07, 6.45) is 0.688. The molecule has 0 aliphatic rings. The zero-order chi connectivity index (χ0) is 31.1. The molecular weight excluding hydrogens is 580 g/mol. The van der Waals surface area contributed by atoms with Crippen molar-refractivity contribution in [2.75, 3.05) is 13.7 Å². The Kier molecular flexibility index (Phi) is 9.65. The molecule has 0 radical (unpaired) electrons. The number of methoxy groups -OCH3 is 1. The number of nitrogens with one attached hydrogen (secondary N) is 2. The van der Waals surface area contributed by atoms with Crippen molar-refractivity contribution in [2.24, 2.45) is 0 Å². The number of carboxylic acid groups (broad SMARTS) is 1. The van der Waals surface area contributed by atoms with Gasteiger partial charge in [0.25, 0.3) is 5.91 Å². The number of rotatable bonds is 13. The van der Waals surface area contributed by atoms with Crippen molar-refractivity contribution in [3.63, 3.8) is 0 Å². The third-order valence-electron chi connectivity index (χ3n) is 7.34. The Hall–Kier alpha value is -5.03. The van der Waals surface area contributed by atoms with Gasteiger partial charge in [-0.15, -0.1) is 11.3 Å². The molecule has 5 aromatic rings. The molecule has 3 aromatic carbocycles. The molecule has 2 heterocycles. The lowest BCUT2D eigenvalue weighted by molar-refractivity contribution is -0.139. The molecule has 0 saturated heterocycles. The molecule has 0 aliphatic carbocycles. The molecule has 11 heteroatoms. The smallest absolute Gasteiger partial charge is 0.325 e. The number of aryl methyl sites for hydroxylation is 2. The molecule has 10 nitrogen and oxygen atoms in total. The summed E-state index contributed by atoms with van der Waals surface area (Å²) in [6, 6.07) is 22.6. The minimum absolute atomic E-state index is 0.165. The summed E-state index contributed by atoms with van der Waals surface area (Å²) in [7, 11) is 1.25. The van der Waals surface area contributed by atoms with Crippen molar-refractivity contribution in [3.8, 4) is 0 Å². The molecule has 5 rings (SSSR count). The number of amides is 2. The SMILES string of the molecule is COC(=O)CNC(=O)c1ccc2c(c1)nc(C(Cc1cccc3ccccc13)NC(=O)CCC(=O)O)n2CCc1cccs1. The minimum Gasteiger partial charge on any atom is -0.481 e. The molecule has 2 amide bonds. The number of esters is 1. The van der Waals surface area contributed by atoms with Crippen LogP contribution in [0.15, 0.2) is 78.2 Å². The van der Waals surface area contributed by atoms with Gasteiger partial charge in [-0.25, -0.2) is 4.98 Å². The van der Waals surface area contributed by atoms with Crippen LogP contribution in [0.25, 0.3) is 21.8 Å². The first kappa shape index (κ1) is 30.4. The summed E-state index contributed by atoms with van der Waals surface area (Å²) >= 11 is 1.65. The van der Waals surface area contributed by atoms with Crippen LogP contribution < -0.4 is 10.6 Å². The number of carboxylic acids is 1. The summed E-state index contributed by atoms with van der Waals surface area (Å²) in [5.41, 5.74) is 2.67. The highest BCUT2D eigenvalue weighted by Crippen LogP contribution is 2.28. The molecule has 1 unspecified atom stereocenters. The normalized spacial score (nSPS) is 11.8. The van der Waals surface area contributed by atoms with Crippen LogP contribution in [-0.2, 0) is 38.5 Å². The zero-order valence-corrected chi connectivity index (χ0v) is 24.9. The summed E-state index contributed by atoms with van der Waals surface area (Å²) in [5, 5.41) is 18.9. The van der Waals surface area contributed by atoms with E-state index >= 15 is 0 Å². The highest BCUT2D eigenvalue weighted by atomic mass is 32.1. The molecule has 44 heavy (non-hydrogen) atoms. The van der Waals surface area contributed by atoms with Gasteiger partial charge in [0, 0.05) is 29.8 Å². The van der Waals surface area contributed by atoms with Crippen LogP contribution in [-0.4, -0.2) is 52.1 Å². The Bertz CT molecular complexity index is 1810. The number of ether oxygens (including phenoxy) is 1. The first-order chi connectivity index (χ1) is 21.3. The number of carbonyl (C=O) groups excluding carboxylic acids is 3. The molecule has 3 N–H and O–H groups in total. The Morgan fingerprint density at radius 1 is 1.00 bits per heavy atom. The molecule has 0 saturated carbocycles. The predicted molar refractivity (Wildman–Crippen MR) is 168 cm³/mol. The van der Waals surface area contributed by atoms with Crippen molar-refractivity contribution < 1.29 is 29.0 Å². The highest BCUT2D eigenvalue weighted by molar-refractivity contribution is 7.09. The number of aliphatic carboxylic acids is 1. The van der Waals surface area contributed by atoms with Gasteiger partial charge >= 0.3 is 11.9 Å². The van der Waals surface area contributed by atoms with Gasteiger partial charge < -0.3 is 25.0 Å². The predicted octanol–water partition coefficient (Wildman–Crippen LogP) is 4.66. The van der Waals surface area contributed by atoms with E-state index in [0.29, 0.717) is 29.9 Å². The van der Waals surface area contributed by atoms with E-state index in [2.05, 4.69) is 26.0 Å². The number of nitrogens with zero attached hydrogens (tertiary/aromatic N) is 2. The maximum atomic E-state index is 13.1. The molecule has 2 aromatic heterocycles.